The van der Waals surface area contributed by atoms with Gasteiger partial charge in [0.15, 0.2) is 0 Å². The fourth-order valence-electron chi connectivity index (χ4n) is 1.25. The summed E-state index contributed by atoms with van der Waals surface area (Å²) in [6.45, 7) is 3.21. The van der Waals surface area contributed by atoms with Gasteiger partial charge in [0, 0.05) is 12.2 Å². The minimum Gasteiger partial charge on any atom is -0.392 e. The molecule has 0 aromatic heterocycles. The monoisotopic (exact) mass is 212 g/mol. The standard InChI is InChI=1S/C10H13FN2S/c1-2-13(7-10(12)14)9-5-3-4-8(11)6-9/h3-6H,2,7H2,1H3,(H2,12,14). The first kappa shape index (κ1) is 10.9. The number of likely N-dealkylation sites (N-methyl/N-ethyl adjacent to an activating group) is 1. The van der Waals surface area contributed by atoms with Crippen molar-refractivity contribution in [1.82, 2.24) is 0 Å². The Balaban J connectivity index is 2.83. The number of anilines is 1. The first-order valence-corrected chi connectivity index (χ1v) is 4.83. The lowest BCUT2D eigenvalue weighted by molar-refractivity contribution is 0.627. The molecule has 2 N–H and O–H groups in total. The summed E-state index contributed by atoms with van der Waals surface area (Å²) in [6, 6.07) is 6.40. The smallest absolute Gasteiger partial charge is 0.125 e. The highest BCUT2D eigenvalue weighted by molar-refractivity contribution is 7.80. The van der Waals surface area contributed by atoms with Crippen LogP contribution < -0.4 is 10.6 Å². The molecule has 0 radical (unpaired) electrons. The topological polar surface area (TPSA) is 29.3 Å². The third-order valence-electron chi connectivity index (χ3n) is 1.90. The summed E-state index contributed by atoms with van der Waals surface area (Å²) in [5, 5.41) is 0. The van der Waals surface area contributed by atoms with E-state index in [0.717, 1.165) is 12.2 Å². The highest BCUT2D eigenvalue weighted by Crippen LogP contribution is 2.14. The molecular formula is C10H13FN2S. The maximum atomic E-state index is 12.9. The van der Waals surface area contributed by atoms with Crippen molar-refractivity contribution in [3.8, 4) is 0 Å². The molecule has 0 amide bonds. The maximum absolute atomic E-state index is 12.9. The van der Waals surface area contributed by atoms with Crippen molar-refractivity contribution in [2.75, 3.05) is 18.0 Å². The van der Waals surface area contributed by atoms with Crippen LogP contribution in [-0.2, 0) is 0 Å². The van der Waals surface area contributed by atoms with Gasteiger partial charge in [-0.1, -0.05) is 18.3 Å². The zero-order chi connectivity index (χ0) is 10.6. The maximum Gasteiger partial charge on any atom is 0.125 e. The average molecular weight is 212 g/mol. The van der Waals surface area contributed by atoms with Gasteiger partial charge in [-0.3, -0.25) is 0 Å². The van der Waals surface area contributed by atoms with Crippen molar-refractivity contribution in [3.63, 3.8) is 0 Å². The second-order valence-electron chi connectivity index (χ2n) is 2.96. The summed E-state index contributed by atoms with van der Waals surface area (Å²) in [6.07, 6.45) is 0. The van der Waals surface area contributed by atoms with E-state index in [-0.39, 0.29) is 5.82 Å². The summed E-state index contributed by atoms with van der Waals surface area (Å²) in [7, 11) is 0. The molecule has 1 aromatic carbocycles. The molecule has 0 bridgehead atoms. The van der Waals surface area contributed by atoms with Crippen LogP contribution in [-0.4, -0.2) is 18.1 Å². The molecule has 0 saturated carbocycles. The molecule has 0 fully saturated rings. The van der Waals surface area contributed by atoms with Crippen LogP contribution in [0.4, 0.5) is 10.1 Å². The molecule has 0 spiro atoms. The van der Waals surface area contributed by atoms with Gasteiger partial charge in [0.05, 0.1) is 11.5 Å². The van der Waals surface area contributed by atoms with Crippen molar-refractivity contribution in [2.45, 2.75) is 6.92 Å². The van der Waals surface area contributed by atoms with Gasteiger partial charge in [0.2, 0.25) is 0 Å². The fraction of sp³-hybridized carbons (Fsp3) is 0.300. The molecule has 1 aromatic rings. The van der Waals surface area contributed by atoms with Crippen LogP contribution >= 0.6 is 12.2 Å². The highest BCUT2D eigenvalue weighted by Gasteiger charge is 2.05. The van der Waals surface area contributed by atoms with E-state index in [2.05, 4.69) is 0 Å². The average Bonchev–Trinajstić information content (AvgIpc) is 2.14. The Morgan fingerprint density at radius 3 is 2.79 bits per heavy atom. The second-order valence-corrected chi connectivity index (χ2v) is 3.48. The number of halogens is 1. The minimum atomic E-state index is -0.246. The van der Waals surface area contributed by atoms with Gasteiger partial charge >= 0.3 is 0 Å². The van der Waals surface area contributed by atoms with Gasteiger partial charge < -0.3 is 10.6 Å². The second kappa shape index (κ2) is 4.91. The summed E-state index contributed by atoms with van der Waals surface area (Å²) < 4.78 is 12.9. The Morgan fingerprint density at radius 2 is 2.29 bits per heavy atom. The Morgan fingerprint density at radius 1 is 1.57 bits per heavy atom. The predicted octanol–water partition coefficient (Wildman–Crippen LogP) is 1.94. The third-order valence-corrected chi connectivity index (χ3v) is 2.03. The fourth-order valence-corrected chi connectivity index (χ4v) is 1.40. The van der Waals surface area contributed by atoms with Crippen LogP contribution in [0, 0.1) is 5.82 Å². The van der Waals surface area contributed by atoms with E-state index >= 15 is 0 Å². The molecule has 76 valence electrons. The van der Waals surface area contributed by atoms with Crippen LogP contribution in [0.3, 0.4) is 0 Å². The molecule has 0 unspecified atom stereocenters. The first-order valence-electron chi connectivity index (χ1n) is 4.42. The quantitative estimate of drug-likeness (QED) is 0.773. The number of hydrogen-bond donors (Lipinski definition) is 1. The molecule has 0 aliphatic heterocycles. The van der Waals surface area contributed by atoms with Gasteiger partial charge in [-0.05, 0) is 25.1 Å². The van der Waals surface area contributed by atoms with Crippen molar-refractivity contribution in [2.24, 2.45) is 5.73 Å². The van der Waals surface area contributed by atoms with E-state index in [1.807, 2.05) is 17.9 Å². The zero-order valence-electron chi connectivity index (χ0n) is 8.03. The van der Waals surface area contributed by atoms with Gasteiger partial charge in [-0.25, -0.2) is 4.39 Å². The molecule has 4 heteroatoms. The van der Waals surface area contributed by atoms with Crippen LogP contribution in [0.1, 0.15) is 6.92 Å². The molecule has 2 nitrogen and oxygen atoms in total. The van der Waals surface area contributed by atoms with Gasteiger partial charge in [0.25, 0.3) is 0 Å². The lowest BCUT2D eigenvalue weighted by atomic mass is 10.3. The van der Waals surface area contributed by atoms with E-state index in [1.165, 1.54) is 12.1 Å². The summed E-state index contributed by atoms with van der Waals surface area (Å²) in [5.74, 6) is -0.246. The number of nitrogens with zero attached hydrogens (tertiary/aromatic N) is 1. The minimum absolute atomic E-state index is 0.246. The van der Waals surface area contributed by atoms with Crippen molar-refractivity contribution >= 4 is 22.9 Å². The Kier molecular flexibility index (Phi) is 3.83. The first-order chi connectivity index (χ1) is 6.63. The molecule has 0 atom stereocenters. The van der Waals surface area contributed by atoms with Crippen LogP contribution in [0.2, 0.25) is 0 Å². The van der Waals surface area contributed by atoms with Crippen LogP contribution in [0.15, 0.2) is 24.3 Å². The molecule has 0 aliphatic rings. The van der Waals surface area contributed by atoms with E-state index in [1.54, 1.807) is 6.07 Å². The molecule has 1 rings (SSSR count). The predicted molar refractivity (Wildman–Crippen MR) is 61.1 cm³/mol. The summed E-state index contributed by atoms with van der Waals surface area (Å²) >= 11 is 4.81. The lowest BCUT2D eigenvalue weighted by Crippen LogP contribution is -2.32. The third kappa shape index (κ3) is 2.96. The van der Waals surface area contributed by atoms with Gasteiger partial charge in [-0.15, -0.1) is 0 Å². The Labute approximate surface area is 88.5 Å². The van der Waals surface area contributed by atoms with E-state index < -0.39 is 0 Å². The molecule has 0 heterocycles. The van der Waals surface area contributed by atoms with E-state index in [4.69, 9.17) is 18.0 Å². The van der Waals surface area contributed by atoms with Crippen molar-refractivity contribution < 1.29 is 4.39 Å². The number of nitrogens with two attached hydrogens (primary N) is 1. The number of hydrogen-bond acceptors (Lipinski definition) is 2. The molecular weight excluding hydrogens is 199 g/mol. The van der Waals surface area contributed by atoms with Gasteiger partial charge in [-0.2, -0.15) is 0 Å². The Hall–Kier alpha value is -1.16. The largest absolute Gasteiger partial charge is 0.392 e. The normalized spacial score (nSPS) is 9.86. The zero-order valence-corrected chi connectivity index (χ0v) is 8.85. The van der Waals surface area contributed by atoms with E-state index in [0.29, 0.717) is 11.5 Å². The number of thiocarbonyl (C=S) groups is 1. The number of rotatable bonds is 4. The Bertz CT molecular complexity index is 328. The lowest BCUT2D eigenvalue weighted by Gasteiger charge is -2.22. The van der Waals surface area contributed by atoms with Gasteiger partial charge in [0.1, 0.15) is 5.82 Å². The molecule has 14 heavy (non-hydrogen) atoms. The van der Waals surface area contributed by atoms with Crippen molar-refractivity contribution in [1.29, 1.82) is 0 Å². The molecule has 0 saturated heterocycles. The van der Waals surface area contributed by atoms with Crippen LogP contribution in [0.25, 0.3) is 0 Å². The summed E-state index contributed by atoms with van der Waals surface area (Å²) in [4.78, 5) is 2.34. The van der Waals surface area contributed by atoms with E-state index in [9.17, 15) is 4.39 Å². The number of benzene rings is 1. The SMILES string of the molecule is CCN(CC(N)=S)c1cccc(F)c1. The van der Waals surface area contributed by atoms with Crippen LogP contribution in [0.5, 0.6) is 0 Å². The summed E-state index contributed by atoms with van der Waals surface area (Å²) in [5.41, 5.74) is 6.25. The highest BCUT2D eigenvalue weighted by atomic mass is 32.1. The van der Waals surface area contributed by atoms with Crippen molar-refractivity contribution in [3.05, 3.63) is 30.1 Å². The molecule has 0 aliphatic carbocycles.